The van der Waals surface area contributed by atoms with E-state index in [1.807, 2.05) is 21.1 Å². The fourth-order valence-corrected chi connectivity index (χ4v) is 12.3. The first kappa shape index (κ1) is 95.9. The first-order chi connectivity index (χ1) is 49.0. The van der Waals surface area contributed by atoms with Gasteiger partial charge in [-0.05, 0) is 122 Å². The molecule has 0 heterocycles. The molecule has 100 heavy (non-hydrogen) atoms. The van der Waals surface area contributed by atoms with Crippen molar-refractivity contribution >= 4 is 19.8 Å². The van der Waals surface area contributed by atoms with Crippen LogP contribution in [-0.4, -0.2) is 70.0 Å². The summed E-state index contributed by atoms with van der Waals surface area (Å²) < 4.78 is 34.4. The van der Waals surface area contributed by atoms with Gasteiger partial charge in [0, 0.05) is 12.8 Å². The molecule has 0 N–H and O–H groups in total. The van der Waals surface area contributed by atoms with E-state index in [2.05, 4.69) is 160 Å². The molecule has 0 radical (unpaired) electrons. The van der Waals surface area contributed by atoms with Gasteiger partial charge in [0.2, 0.25) is 0 Å². The Kier molecular flexibility index (Phi) is 75.8. The van der Waals surface area contributed by atoms with E-state index < -0.39 is 26.5 Å². The van der Waals surface area contributed by atoms with Crippen LogP contribution in [0.1, 0.15) is 361 Å². The summed E-state index contributed by atoms with van der Waals surface area (Å²) in [5, 5.41) is 0. The maximum Gasteiger partial charge on any atom is 0.306 e. The lowest BCUT2D eigenvalue weighted by atomic mass is 10.0. The van der Waals surface area contributed by atoms with Crippen molar-refractivity contribution in [3.8, 4) is 0 Å². The second-order valence-electron chi connectivity index (χ2n) is 28.8. The maximum absolute atomic E-state index is 12.9. The molecule has 0 aromatic rings. The minimum atomic E-state index is -4.66. The van der Waals surface area contributed by atoms with Gasteiger partial charge >= 0.3 is 11.9 Å². The minimum Gasteiger partial charge on any atom is -0.756 e. The van der Waals surface area contributed by atoms with Gasteiger partial charge in [-0.3, -0.25) is 14.2 Å². The summed E-state index contributed by atoms with van der Waals surface area (Å²) in [6, 6.07) is 0. The highest BCUT2D eigenvalue weighted by molar-refractivity contribution is 7.45. The Morgan fingerprint density at radius 2 is 0.570 bits per heavy atom. The highest BCUT2D eigenvalue weighted by atomic mass is 31.2. The monoisotopic (exact) mass is 1410 g/mol. The third-order valence-electron chi connectivity index (χ3n) is 17.8. The van der Waals surface area contributed by atoms with E-state index >= 15 is 0 Å². The van der Waals surface area contributed by atoms with Gasteiger partial charge in [-0.25, -0.2) is 0 Å². The van der Waals surface area contributed by atoms with E-state index in [0.717, 1.165) is 116 Å². The number of phosphoric ester groups is 1. The molecule has 0 saturated heterocycles. The van der Waals surface area contributed by atoms with E-state index in [1.165, 1.54) is 212 Å². The van der Waals surface area contributed by atoms with Crippen molar-refractivity contribution in [2.75, 3.05) is 47.5 Å². The van der Waals surface area contributed by atoms with Crippen molar-refractivity contribution in [2.45, 2.75) is 367 Å². The lowest BCUT2D eigenvalue weighted by Crippen LogP contribution is -2.37. The molecule has 574 valence electrons. The number of hydrogen-bond acceptors (Lipinski definition) is 8. The molecule has 0 amide bonds. The van der Waals surface area contributed by atoms with Gasteiger partial charge in [0.1, 0.15) is 19.8 Å². The number of carbonyl (C=O) groups excluding carboxylic acids is 2. The smallest absolute Gasteiger partial charge is 0.306 e. The van der Waals surface area contributed by atoms with Crippen LogP contribution in [0, 0.1) is 0 Å². The topological polar surface area (TPSA) is 111 Å². The van der Waals surface area contributed by atoms with Crippen molar-refractivity contribution in [1.29, 1.82) is 0 Å². The Morgan fingerprint density at radius 1 is 0.320 bits per heavy atom. The second-order valence-corrected chi connectivity index (χ2v) is 30.2. The molecule has 0 rings (SSSR count). The fraction of sp³-hybridized carbons (Fsp3) is 0.711. The lowest BCUT2D eigenvalue weighted by Gasteiger charge is -2.28. The van der Waals surface area contributed by atoms with Crippen LogP contribution in [0.15, 0.2) is 146 Å². The molecule has 0 saturated carbocycles. The molecule has 2 unspecified atom stereocenters. The number of phosphoric acid groups is 1. The summed E-state index contributed by atoms with van der Waals surface area (Å²) in [7, 11) is 1.16. The third kappa shape index (κ3) is 82.8. The molecule has 9 nitrogen and oxygen atoms in total. The fourth-order valence-electron chi connectivity index (χ4n) is 11.5. The Labute approximate surface area is 618 Å². The predicted molar refractivity (Wildman–Crippen MR) is 434 cm³/mol. The molecule has 0 aliphatic heterocycles. The number of rotatable bonds is 76. The molecule has 0 fully saturated rings. The standard InChI is InChI=1S/C90H156NO8P/c1-6-8-10-12-14-16-18-20-22-24-26-28-30-32-34-36-38-40-42-44-45-47-49-51-53-55-57-59-61-63-65-67-69-71-73-75-77-79-81-83-90(93)99-88(87-98-100(94,95)97-85-84-91(3,4)5)86-96-89(92)82-80-78-76-74-72-70-68-66-64-62-60-58-56-54-52-50-48-46-43-41-39-37-35-33-31-29-27-25-23-21-19-17-15-13-11-9-7-2/h8,10,14,16,19-22,25-28,32,34,38,40,44-45,49,51,55,57,61,63,88H,6-7,9,11-13,15,17-18,23-24,29-31,33,35-37,39,41-43,46-48,50,52-54,56,58-60,62,64-87H2,1-5H3/b10-8-,16-14-,21-19-,22-20-,27-25-,28-26-,34-32-,40-38-,45-44-,51-49-,57-55-,63-61-. The van der Waals surface area contributed by atoms with Gasteiger partial charge in [0.25, 0.3) is 7.82 Å². The van der Waals surface area contributed by atoms with Gasteiger partial charge in [-0.15, -0.1) is 0 Å². The number of allylic oxidation sites excluding steroid dienone is 24. The second kappa shape index (κ2) is 79.0. The zero-order chi connectivity index (χ0) is 72.5. The average Bonchev–Trinajstić information content (AvgIpc) is 1.07. The molecule has 0 aromatic carbocycles. The van der Waals surface area contributed by atoms with Crippen molar-refractivity contribution < 1.29 is 42.1 Å². The number of carbonyl (C=O) groups is 2. The minimum absolute atomic E-state index is 0.0374. The van der Waals surface area contributed by atoms with E-state index in [1.54, 1.807) is 0 Å². The largest absolute Gasteiger partial charge is 0.756 e. The SMILES string of the molecule is CC/C=C\C/C=C\C/C=C\C/C=C\C/C=C\C/C=C\C/C=C\C/C=C\C/C=C\C/C=C\CCCCCCCCCCC(=O)OC(COC(=O)CCCCCCCCCCCCCCCCCCCCCCCCCCC/C=C\C/C=C\CCCCCCC)COP(=O)([O-])OCC[N+](C)(C)C. The summed E-state index contributed by atoms with van der Waals surface area (Å²) in [4.78, 5) is 38.2. The van der Waals surface area contributed by atoms with Crippen LogP contribution < -0.4 is 4.89 Å². The van der Waals surface area contributed by atoms with E-state index in [4.69, 9.17) is 18.5 Å². The van der Waals surface area contributed by atoms with Crippen LogP contribution in [0.25, 0.3) is 0 Å². The van der Waals surface area contributed by atoms with Crippen LogP contribution in [0.2, 0.25) is 0 Å². The summed E-state index contributed by atoms with van der Waals surface area (Å²) in [5.41, 5.74) is 0. The molecule has 10 heteroatoms. The Hall–Kier alpha value is -4.11. The molecular weight excluding hydrogens is 1250 g/mol. The summed E-state index contributed by atoms with van der Waals surface area (Å²) in [5.74, 6) is -0.837. The summed E-state index contributed by atoms with van der Waals surface area (Å²) >= 11 is 0. The van der Waals surface area contributed by atoms with E-state index in [9.17, 15) is 19.0 Å². The van der Waals surface area contributed by atoms with Gasteiger partial charge in [-0.2, -0.15) is 0 Å². The van der Waals surface area contributed by atoms with Gasteiger partial charge in [0.05, 0.1) is 27.7 Å². The third-order valence-corrected chi connectivity index (χ3v) is 18.8. The van der Waals surface area contributed by atoms with E-state index in [0.29, 0.717) is 17.4 Å². The van der Waals surface area contributed by atoms with E-state index in [-0.39, 0.29) is 32.0 Å². The van der Waals surface area contributed by atoms with Crippen molar-refractivity contribution in [2.24, 2.45) is 0 Å². The summed E-state index contributed by atoms with van der Waals surface area (Å²) in [6.07, 6.45) is 117. The van der Waals surface area contributed by atoms with Crippen LogP contribution in [0.3, 0.4) is 0 Å². The zero-order valence-corrected chi connectivity index (χ0v) is 66.5. The number of likely N-dealkylation sites (N-methyl/N-ethyl adjacent to an activating group) is 1. The first-order valence-corrected chi connectivity index (χ1v) is 43.0. The normalized spacial score (nSPS) is 13.8. The molecule has 2 atom stereocenters. The quantitative estimate of drug-likeness (QED) is 0.0195. The molecule has 0 spiro atoms. The molecule has 0 bridgehead atoms. The highest BCUT2D eigenvalue weighted by Crippen LogP contribution is 2.38. The van der Waals surface area contributed by atoms with Gasteiger partial charge in [0.15, 0.2) is 6.10 Å². The Bertz CT molecular complexity index is 2210. The lowest BCUT2D eigenvalue weighted by molar-refractivity contribution is -0.870. The zero-order valence-electron chi connectivity index (χ0n) is 65.6. The number of hydrogen-bond donors (Lipinski definition) is 0. The van der Waals surface area contributed by atoms with Gasteiger partial charge in [-0.1, -0.05) is 372 Å². The highest BCUT2D eigenvalue weighted by Gasteiger charge is 2.22. The number of ether oxygens (including phenoxy) is 2. The number of unbranched alkanes of at least 4 members (excludes halogenated alkanes) is 38. The molecule has 0 aliphatic carbocycles. The Balaban J connectivity index is 4.00. The predicted octanol–water partition coefficient (Wildman–Crippen LogP) is 27.4. The van der Waals surface area contributed by atoms with Crippen LogP contribution >= 0.6 is 7.82 Å². The molecule has 0 aromatic heterocycles. The number of esters is 2. The van der Waals surface area contributed by atoms with Crippen molar-refractivity contribution in [1.82, 2.24) is 0 Å². The van der Waals surface area contributed by atoms with Crippen molar-refractivity contribution in [3.63, 3.8) is 0 Å². The van der Waals surface area contributed by atoms with Gasteiger partial charge < -0.3 is 27.9 Å². The van der Waals surface area contributed by atoms with Crippen molar-refractivity contribution in [3.05, 3.63) is 146 Å². The first-order valence-electron chi connectivity index (χ1n) is 41.5. The molecule has 0 aliphatic rings. The van der Waals surface area contributed by atoms with Crippen LogP contribution in [-0.2, 0) is 32.7 Å². The average molecular weight is 1410 g/mol. The van der Waals surface area contributed by atoms with Crippen LogP contribution in [0.5, 0.6) is 0 Å². The maximum atomic E-state index is 12.9. The summed E-state index contributed by atoms with van der Waals surface area (Å²) in [6.45, 7) is 4.13. The number of nitrogens with zero attached hydrogens (tertiary/aromatic N) is 1. The molecular formula is C90H156NO8P. The Morgan fingerprint density at radius 3 is 0.850 bits per heavy atom. The number of quaternary nitrogens is 1. The van der Waals surface area contributed by atoms with Crippen LogP contribution in [0.4, 0.5) is 0 Å².